The van der Waals surface area contributed by atoms with Gasteiger partial charge in [-0.15, -0.1) is 0 Å². The summed E-state index contributed by atoms with van der Waals surface area (Å²) in [6, 6.07) is 3.42. The summed E-state index contributed by atoms with van der Waals surface area (Å²) in [5.74, 6) is -0.663. The van der Waals surface area contributed by atoms with Crippen LogP contribution in [0.1, 0.15) is 15.9 Å². The lowest BCUT2D eigenvalue weighted by molar-refractivity contribution is 0.0603. The fraction of sp³-hybridized carbons (Fsp3) is 0.417. The fourth-order valence-electron chi connectivity index (χ4n) is 1.48. The first-order valence-corrected chi connectivity index (χ1v) is 6.34. The molecule has 0 aromatic heterocycles. The van der Waals surface area contributed by atoms with E-state index in [1.54, 1.807) is 13.2 Å². The van der Waals surface area contributed by atoms with E-state index < -0.39 is 5.97 Å². The van der Waals surface area contributed by atoms with Crippen molar-refractivity contribution in [3.63, 3.8) is 0 Å². The van der Waals surface area contributed by atoms with Crippen LogP contribution in [0.15, 0.2) is 12.1 Å². The van der Waals surface area contributed by atoms with Crippen LogP contribution in [0.3, 0.4) is 0 Å². The molecule has 0 saturated carbocycles. The van der Waals surface area contributed by atoms with Gasteiger partial charge in [0.1, 0.15) is 11.3 Å². The van der Waals surface area contributed by atoms with Gasteiger partial charge in [0.15, 0.2) is 0 Å². The number of carboxylic acids is 1. The molecule has 1 N–H and O–H groups in total. The molecule has 1 aromatic carbocycles. The van der Waals surface area contributed by atoms with Crippen LogP contribution < -0.4 is 4.74 Å². The Morgan fingerprint density at radius 2 is 2.06 bits per heavy atom. The second kappa shape index (κ2) is 7.55. The van der Waals surface area contributed by atoms with Gasteiger partial charge >= 0.3 is 5.97 Å². The third-order valence-electron chi connectivity index (χ3n) is 2.25. The molecule has 100 valence electrons. The lowest BCUT2D eigenvalue weighted by atomic mass is 10.1. The number of hydrogen-bond donors (Lipinski definition) is 1. The van der Waals surface area contributed by atoms with Gasteiger partial charge in [-0.25, -0.2) is 4.79 Å². The first kappa shape index (κ1) is 15.2. The number of hydrogen-bond acceptors (Lipinski definition) is 4. The maximum absolute atomic E-state index is 11.1. The Morgan fingerprint density at radius 3 is 2.61 bits per heavy atom. The predicted molar refractivity (Wildman–Crippen MR) is 74.2 cm³/mol. The quantitative estimate of drug-likeness (QED) is 0.592. The van der Waals surface area contributed by atoms with Crippen LogP contribution in [0.25, 0.3) is 0 Å². The molecule has 0 unspecified atom stereocenters. The molecule has 0 atom stereocenters. The van der Waals surface area contributed by atoms with E-state index in [2.05, 4.69) is 22.6 Å². The summed E-state index contributed by atoms with van der Waals surface area (Å²) in [5.41, 5.74) is 0.868. The Kier molecular flexibility index (Phi) is 6.37. The van der Waals surface area contributed by atoms with E-state index in [0.29, 0.717) is 25.6 Å². The molecule has 0 radical (unpaired) electrons. The zero-order valence-corrected chi connectivity index (χ0v) is 12.4. The summed E-state index contributed by atoms with van der Waals surface area (Å²) in [7, 11) is 3.05. The van der Waals surface area contributed by atoms with Crippen LogP contribution in [0, 0.1) is 3.57 Å². The van der Waals surface area contributed by atoms with Crippen molar-refractivity contribution in [2.75, 3.05) is 27.4 Å². The molecule has 0 fully saturated rings. The lowest BCUT2D eigenvalue weighted by Crippen LogP contribution is -2.07. The van der Waals surface area contributed by atoms with Gasteiger partial charge in [0, 0.05) is 16.2 Å². The average Bonchev–Trinajstić information content (AvgIpc) is 2.33. The highest BCUT2D eigenvalue weighted by atomic mass is 127. The Morgan fingerprint density at radius 1 is 1.33 bits per heavy atom. The van der Waals surface area contributed by atoms with Gasteiger partial charge in [0.25, 0.3) is 0 Å². The molecule has 6 heteroatoms. The number of benzene rings is 1. The third-order valence-corrected chi connectivity index (χ3v) is 2.88. The number of rotatable bonds is 7. The first-order chi connectivity index (χ1) is 8.60. The highest BCUT2D eigenvalue weighted by Crippen LogP contribution is 2.27. The second-order valence-electron chi connectivity index (χ2n) is 3.50. The lowest BCUT2D eigenvalue weighted by Gasteiger charge is -2.12. The molecule has 0 aliphatic rings. The third kappa shape index (κ3) is 4.11. The van der Waals surface area contributed by atoms with Gasteiger partial charge in [-0.05, 0) is 34.7 Å². The topological polar surface area (TPSA) is 65.0 Å². The molecule has 0 amide bonds. The molecule has 1 aromatic rings. The molecule has 0 spiro atoms. The minimum absolute atomic E-state index is 0.148. The fourth-order valence-corrected chi connectivity index (χ4v) is 2.17. The molecule has 18 heavy (non-hydrogen) atoms. The van der Waals surface area contributed by atoms with Gasteiger partial charge in [0.05, 0.1) is 26.9 Å². The number of aromatic carboxylic acids is 1. The van der Waals surface area contributed by atoms with Gasteiger partial charge in [-0.2, -0.15) is 0 Å². The summed E-state index contributed by atoms with van der Waals surface area (Å²) in [4.78, 5) is 11.1. The Hall–Kier alpha value is -0.860. The van der Waals surface area contributed by atoms with Crippen LogP contribution in [-0.2, 0) is 16.1 Å². The van der Waals surface area contributed by atoms with Crippen molar-refractivity contribution in [3.8, 4) is 5.75 Å². The van der Waals surface area contributed by atoms with Crippen LogP contribution in [-0.4, -0.2) is 38.5 Å². The van der Waals surface area contributed by atoms with Crippen LogP contribution in [0.5, 0.6) is 5.75 Å². The predicted octanol–water partition coefficient (Wildman–Crippen LogP) is 2.16. The first-order valence-electron chi connectivity index (χ1n) is 5.26. The van der Waals surface area contributed by atoms with Crippen LogP contribution in [0.2, 0.25) is 0 Å². The van der Waals surface area contributed by atoms with Gasteiger partial charge < -0.3 is 19.3 Å². The standard InChI is InChI=1S/C12H15IO5/c1-16-3-4-18-7-8-5-9(13)6-10(12(14)15)11(8)17-2/h5-6H,3-4,7H2,1-2H3,(H,14,15). The molecular formula is C12H15IO5. The van der Waals surface area contributed by atoms with E-state index in [9.17, 15) is 4.79 Å². The van der Waals surface area contributed by atoms with Crippen molar-refractivity contribution >= 4 is 28.6 Å². The highest BCUT2D eigenvalue weighted by molar-refractivity contribution is 14.1. The summed E-state index contributed by atoms with van der Waals surface area (Å²) in [6.07, 6.45) is 0. The Bertz CT molecular complexity index is 419. The Balaban J connectivity index is 2.91. The Labute approximate surface area is 119 Å². The van der Waals surface area contributed by atoms with Crippen molar-refractivity contribution in [3.05, 3.63) is 26.8 Å². The molecule has 0 aliphatic carbocycles. The maximum atomic E-state index is 11.1. The van der Waals surface area contributed by atoms with Crippen molar-refractivity contribution in [1.29, 1.82) is 0 Å². The molecule has 1 rings (SSSR count). The zero-order chi connectivity index (χ0) is 13.5. The maximum Gasteiger partial charge on any atom is 0.339 e. The minimum atomic E-state index is -1.01. The monoisotopic (exact) mass is 366 g/mol. The van der Waals surface area contributed by atoms with Crippen molar-refractivity contribution in [2.45, 2.75) is 6.61 Å². The van der Waals surface area contributed by atoms with Crippen LogP contribution >= 0.6 is 22.6 Å². The van der Waals surface area contributed by atoms with E-state index in [0.717, 1.165) is 9.13 Å². The van der Waals surface area contributed by atoms with E-state index in [1.807, 2.05) is 6.07 Å². The number of carbonyl (C=O) groups is 1. The van der Waals surface area contributed by atoms with Crippen LogP contribution in [0.4, 0.5) is 0 Å². The van der Waals surface area contributed by atoms with E-state index in [-0.39, 0.29) is 5.56 Å². The number of ether oxygens (including phenoxy) is 3. The van der Waals surface area contributed by atoms with Crippen molar-refractivity contribution in [1.82, 2.24) is 0 Å². The molecule has 5 nitrogen and oxygen atoms in total. The highest BCUT2D eigenvalue weighted by Gasteiger charge is 2.16. The SMILES string of the molecule is COCCOCc1cc(I)cc(C(=O)O)c1OC. The number of methoxy groups -OCH3 is 2. The second-order valence-corrected chi connectivity index (χ2v) is 4.74. The van der Waals surface area contributed by atoms with Gasteiger partial charge in [-0.1, -0.05) is 0 Å². The number of halogens is 1. The molecular weight excluding hydrogens is 351 g/mol. The average molecular weight is 366 g/mol. The molecule has 0 bridgehead atoms. The smallest absolute Gasteiger partial charge is 0.339 e. The largest absolute Gasteiger partial charge is 0.495 e. The van der Waals surface area contributed by atoms with E-state index in [1.165, 1.54) is 7.11 Å². The van der Waals surface area contributed by atoms with Gasteiger partial charge in [0.2, 0.25) is 0 Å². The van der Waals surface area contributed by atoms with Crippen molar-refractivity contribution in [2.24, 2.45) is 0 Å². The summed E-state index contributed by atoms with van der Waals surface area (Å²) < 4.78 is 16.2. The summed E-state index contributed by atoms with van der Waals surface area (Å²) in [5, 5.41) is 9.11. The summed E-state index contributed by atoms with van der Waals surface area (Å²) >= 11 is 2.07. The summed E-state index contributed by atoms with van der Waals surface area (Å²) in [6.45, 7) is 1.25. The molecule has 0 saturated heterocycles. The molecule has 0 aliphatic heterocycles. The van der Waals surface area contributed by atoms with E-state index in [4.69, 9.17) is 19.3 Å². The van der Waals surface area contributed by atoms with E-state index >= 15 is 0 Å². The normalized spacial score (nSPS) is 10.4. The van der Waals surface area contributed by atoms with Gasteiger partial charge in [-0.3, -0.25) is 0 Å². The number of carboxylic acid groups (broad SMARTS) is 1. The van der Waals surface area contributed by atoms with Crippen molar-refractivity contribution < 1.29 is 24.1 Å². The molecule has 0 heterocycles. The minimum Gasteiger partial charge on any atom is -0.495 e. The zero-order valence-electron chi connectivity index (χ0n) is 10.2.